The number of amides is 2. The van der Waals surface area contributed by atoms with Crippen LogP contribution in [-0.2, 0) is 9.59 Å². The minimum atomic E-state index is -0.188. The molecular weight excluding hydrogens is 425 g/mol. The van der Waals surface area contributed by atoms with Crippen LogP contribution in [0, 0.1) is 0 Å². The lowest BCUT2D eigenvalue weighted by Gasteiger charge is -2.35. The Hall–Kier alpha value is -1.60. The van der Waals surface area contributed by atoms with Crippen molar-refractivity contribution in [2.75, 3.05) is 45.9 Å². The highest BCUT2D eigenvalue weighted by molar-refractivity contribution is 6.42. The lowest BCUT2D eigenvalue weighted by molar-refractivity contribution is -0.130. The molecule has 2 fully saturated rings. The lowest BCUT2D eigenvalue weighted by Crippen LogP contribution is -2.48. The van der Waals surface area contributed by atoms with E-state index in [1.54, 1.807) is 29.2 Å². The van der Waals surface area contributed by atoms with Crippen LogP contribution in [0.2, 0.25) is 10.0 Å². The molecule has 0 saturated carbocycles. The molecule has 1 unspecified atom stereocenters. The van der Waals surface area contributed by atoms with Gasteiger partial charge in [0.15, 0.2) is 0 Å². The zero-order valence-electron chi connectivity index (χ0n) is 17.3. The number of benzene rings is 1. The van der Waals surface area contributed by atoms with E-state index in [4.69, 9.17) is 23.2 Å². The Labute approximate surface area is 188 Å². The van der Waals surface area contributed by atoms with E-state index in [-0.39, 0.29) is 24.0 Å². The minimum Gasteiger partial charge on any atom is -0.394 e. The van der Waals surface area contributed by atoms with Gasteiger partial charge in [0.2, 0.25) is 11.8 Å². The average molecular weight is 454 g/mol. The van der Waals surface area contributed by atoms with Crippen molar-refractivity contribution in [1.82, 2.24) is 14.7 Å². The van der Waals surface area contributed by atoms with Crippen molar-refractivity contribution >= 4 is 41.1 Å². The van der Waals surface area contributed by atoms with E-state index in [1.807, 2.05) is 4.90 Å². The van der Waals surface area contributed by atoms with Crippen LogP contribution >= 0.6 is 23.2 Å². The summed E-state index contributed by atoms with van der Waals surface area (Å²) in [5, 5.41) is 10.6. The third kappa shape index (κ3) is 5.55. The molecule has 6 nitrogen and oxygen atoms in total. The van der Waals surface area contributed by atoms with Gasteiger partial charge in [-0.2, -0.15) is 0 Å². The predicted octanol–water partition coefficient (Wildman–Crippen LogP) is 2.91. The summed E-state index contributed by atoms with van der Waals surface area (Å²) in [7, 11) is 0. The molecule has 0 aliphatic carbocycles. The van der Waals surface area contributed by atoms with E-state index in [0.717, 1.165) is 31.5 Å². The maximum Gasteiger partial charge on any atom is 0.246 e. The van der Waals surface area contributed by atoms with Gasteiger partial charge < -0.3 is 14.9 Å². The smallest absolute Gasteiger partial charge is 0.246 e. The van der Waals surface area contributed by atoms with Crippen molar-refractivity contribution in [2.24, 2.45) is 0 Å². The first kappa shape index (κ1) is 23.1. The fourth-order valence-electron chi connectivity index (χ4n) is 4.09. The van der Waals surface area contributed by atoms with Crippen molar-refractivity contribution in [3.63, 3.8) is 0 Å². The van der Waals surface area contributed by atoms with Crippen LogP contribution < -0.4 is 0 Å². The Morgan fingerprint density at radius 1 is 1.17 bits per heavy atom. The molecule has 1 N–H and O–H groups in total. The Bertz CT molecular complexity index is 817. The van der Waals surface area contributed by atoms with Crippen LogP contribution in [-0.4, -0.2) is 83.0 Å². The molecule has 2 aliphatic rings. The number of carbonyl (C=O) groups is 2. The Balaban J connectivity index is 1.54. The summed E-state index contributed by atoms with van der Waals surface area (Å²) in [4.78, 5) is 31.0. The molecule has 2 aliphatic heterocycles. The Morgan fingerprint density at radius 3 is 2.70 bits per heavy atom. The number of nitrogens with zero attached hydrogens (tertiary/aromatic N) is 3. The van der Waals surface area contributed by atoms with Crippen molar-refractivity contribution < 1.29 is 14.7 Å². The van der Waals surface area contributed by atoms with E-state index >= 15 is 0 Å². The largest absolute Gasteiger partial charge is 0.394 e. The molecule has 8 heteroatoms. The first-order valence-electron chi connectivity index (χ1n) is 10.4. The molecule has 30 heavy (non-hydrogen) atoms. The Morgan fingerprint density at radius 2 is 1.97 bits per heavy atom. The molecule has 1 aromatic rings. The number of hydrogen-bond donors (Lipinski definition) is 1. The number of carbonyl (C=O) groups excluding carboxylic acids is 2. The van der Waals surface area contributed by atoms with Crippen LogP contribution in [0.5, 0.6) is 0 Å². The average Bonchev–Trinajstić information content (AvgIpc) is 3.00. The summed E-state index contributed by atoms with van der Waals surface area (Å²) in [6.07, 6.45) is 5.59. The quantitative estimate of drug-likeness (QED) is 0.672. The van der Waals surface area contributed by atoms with E-state index in [1.165, 1.54) is 6.08 Å². The van der Waals surface area contributed by atoms with Crippen LogP contribution in [0.3, 0.4) is 0 Å². The highest BCUT2D eigenvalue weighted by atomic mass is 35.5. The maximum atomic E-state index is 12.6. The van der Waals surface area contributed by atoms with Crippen LogP contribution in [0.25, 0.3) is 6.08 Å². The topological polar surface area (TPSA) is 64.1 Å². The van der Waals surface area contributed by atoms with Gasteiger partial charge in [0.1, 0.15) is 0 Å². The van der Waals surface area contributed by atoms with E-state index in [0.29, 0.717) is 42.6 Å². The minimum absolute atomic E-state index is 0.0728. The number of rotatable bonds is 6. The van der Waals surface area contributed by atoms with Gasteiger partial charge in [0.05, 0.1) is 16.7 Å². The monoisotopic (exact) mass is 453 g/mol. The van der Waals surface area contributed by atoms with Gasteiger partial charge in [-0.25, -0.2) is 0 Å². The van der Waals surface area contributed by atoms with Gasteiger partial charge >= 0.3 is 0 Å². The fraction of sp³-hybridized carbons (Fsp3) is 0.545. The molecule has 0 aromatic heterocycles. The van der Waals surface area contributed by atoms with E-state index in [2.05, 4.69) is 11.8 Å². The molecule has 2 heterocycles. The molecule has 0 bridgehead atoms. The van der Waals surface area contributed by atoms with Gasteiger partial charge in [-0.15, -0.1) is 0 Å². The van der Waals surface area contributed by atoms with Crippen LogP contribution in [0.4, 0.5) is 0 Å². The maximum absolute atomic E-state index is 12.6. The van der Waals surface area contributed by atoms with E-state index < -0.39 is 0 Å². The van der Waals surface area contributed by atoms with Crippen LogP contribution in [0.15, 0.2) is 24.3 Å². The second-order valence-corrected chi connectivity index (χ2v) is 9.02. The summed E-state index contributed by atoms with van der Waals surface area (Å²) >= 11 is 11.9. The van der Waals surface area contributed by atoms with Crippen molar-refractivity contribution in [3.05, 3.63) is 39.9 Å². The summed E-state index contributed by atoms with van der Waals surface area (Å²) < 4.78 is 0. The summed E-state index contributed by atoms with van der Waals surface area (Å²) in [5.74, 6) is -0.0493. The molecule has 1 atom stereocenters. The highest BCUT2D eigenvalue weighted by Crippen LogP contribution is 2.28. The summed E-state index contributed by atoms with van der Waals surface area (Å²) in [6, 6.07) is 5.20. The Kier molecular flexibility index (Phi) is 7.80. The normalized spacial score (nSPS) is 23.4. The van der Waals surface area contributed by atoms with Gasteiger partial charge in [-0.05, 0) is 50.1 Å². The number of halogens is 2. The standard InChI is InChI=1S/C22H29Cl2N3O3/c1-22(16-28)8-2-9-27(22)14-13-26-12-11-25(10-7-21(26)30)20(29)6-4-17-3-5-18(23)19(24)15-17/h3-6,15,28H,2,7-14,16H2,1H3. The van der Waals surface area contributed by atoms with Gasteiger partial charge in [0.25, 0.3) is 0 Å². The molecule has 1 aromatic carbocycles. The molecule has 2 saturated heterocycles. The molecule has 3 rings (SSSR count). The van der Waals surface area contributed by atoms with E-state index in [9.17, 15) is 14.7 Å². The fourth-order valence-corrected chi connectivity index (χ4v) is 4.40. The predicted molar refractivity (Wildman–Crippen MR) is 120 cm³/mol. The summed E-state index contributed by atoms with van der Waals surface area (Å²) in [6.45, 7) is 5.96. The van der Waals surface area contributed by atoms with Crippen molar-refractivity contribution in [1.29, 1.82) is 0 Å². The third-order valence-corrected chi connectivity index (χ3v) is 6.89. The summed E-state index contributed by atoms with van der Waals surface area (Å²) in [5.41, 5.74) is 0.606. The molecule has 164 valence electrons. The zero-order chi connectivity index (χ0) is 21.7. The van der Waals surface area contributed by atoms with Crippen molar-refractivity contribution in [3.8, 4) is 0 Å². The first-order valence-corrected chi connectivity index (χ1v) is 11.1. The van der Waals surface area contributed by atoms with Crippen molar-refractivity contribution in [2.45, 2.75) is 31.7 Å². The lowest BCUT2D eigenvalue weighted by atomic mass is 10.0. The van der Waals surface area contributed by atoms with Gasteiger partial charge in [0, 0.05) is 50.8 Å². The number of hydrogen-bond acceptors (Lipinski definition) is 4. The zero-order valence-corrected chi connectivity index (χ0v) is 18.8. The van der Waals surface area contributed by atoms with Gasteiger partial charge in [-0.1, -0.05) is 29.3 Å². The number of likely N-dealkylation sites (tertiary alicyclic amines) is 1. The number of aliphatic hydroxyl groups is 1. The number of aliphatic hydroxyl groups excluding tert-OH is 1. The second kappa shape index (κ2) is 10.1. The second-order valence-electron chi connectivity index (χ2n) is 8.21. The third-order valence-electron chi connectivity index (χ3n) is 6.15. The first-order chi connectivity index (χ1) is 14.3. The van der Waals surface area contributed by atoms with Gasteiger partial charge in [-0.3, -0.25) is 14.5 Å². The van der Waals surface area contributed by atoms with Crippen LogP contribution in [0.1, 0.15) is 31.7 Å². The molecule has 2 amide bonds. The molecule has 0 spiro atoms. The molecule has 0 radical (unpaired) electrons. The SMILES string of the molecule is CC1(CO)CCCN1CCN1CCN(C(=O)C=Cc2ccc(Cl)c(Cl)c2)CCC1=O. The highest BCUT2D eigenvalue weighted by Gasteiger charge is 2.36. The molecular formula is C22H29Cl2N3O3.